The molecule has 17 heavy (non-hydrogen) atoms. The average Bonchev–Trinajstić information content (AvgIpc) is 2.29. The second kappa shape index (κ2) is 6.60. The Morgan fingerprint density at radius 1 is 1.41 bits per heavy atom. The van der Waals surface area contributed by atoms with Crippen molar-refractivity contribution < 1.29 is 4.39 Å². The summed E-state index contributed by atoms with van der Waals surface area (Å²) in [6.45, 7) is 4.92. The van der Waals surface area contributed by atoms with Crippen molar-refractivity contribution in [2.75, 3.05) is 18.5 Å². The number of rotatable bonds is 6. The summed E-state index contributed by atoms with van der Waals surface area (Å²) in [7, 11) is 2.06. The molecule has 1 atom stereocenters. The highest BCUT2D eigenvalue weighted by molar-refractivity contribution is 5.54. The molecule has 0 bridgehead atoms. The minimum Gasteiger partial charge on any atom is -0.372 e. The van der Waals surface area contributed by atoms with Crippen LogP contribution in [0.15, 0.2) is 18.2 Å². The van der Waals surface area contributed by atoms with E-state index in [1.807, 2.05) is 6.07 Å². The highest BCUT2D eigenvalue weighted by Gasteiger charge is 2.13. The van der Waals surface area contributed by atoms with Crippen LogP contribution in [0.3, 0.4) is 0 Å². The summed E-state index contributed by atoms with van der Waals surface area (Å²) < 4.78 is 13.2. The van der Waals surface area contributed by atoms with Gasteiger partial charge < -0.3 is 10.6 Å². The SMILES string of the molecule is CCCC(C)N(C)c1ccc(F)cc1CCN. The van der Waals surface area contributed by atoms with Gasteiger partial charge in [0, 0.05) is 18.8 Å². The molecule has 0 aliphatic rings. The molecule has 1 aromatic rings. The number of benzene rings is 1. The van der Waals surface area contributed by atoms with Crippen LogP contribution >= 0.6 is 0 Å². The van der Waals surface area contributed by atoms with Gasteiger partial charge in [-0.05, 0) is 50.1 Å². The molecule has 0 heterocycles. The predicted octanol–water partition coefficient (Wildman–Crippen LogP) is 2.95. The van der Waals surface area contributed by atoms with Crippen LogP contribution in [-0.2, 0) is 6.42 Å². The van der Waals surface area contributed by atoms with Crippen molar-refractivity contribution in [2.45, 2.75) is 39.2 Å². The van der Waals surface area contributed by atoms with E-state index < -0.39 is 0 Å². The molecule has 0 saturated heterocycles. The van der Waals surface area contributed by atoms with Gasteiger partial charge >= 0.3 is 0 Å². The zero-order valence-electron chi connectivity index (χ0n) is 11.0. The van der Waals surface area contributed by atoms with Gasteiger partial charge in [0.1, 0.15) is 5.82 Å². The highest BCUT2D eigenvalue weighted by Crippen LogP contribution is 2.24. The number of anilines is 1. The summed E-state index contributed by atoms with van der Waals surface area (Å²) in [6, 6.07) is 5.43. The first-order chi connectivity index (χ1) is 8.10. The maximum atomic E-state index is 13.2. The molecule has 96 valence electrons. The molecule has 2 N–H and O–H groups in total. The van der Waals surface area contributed by atoms with Crippen LogP contribution < -0.4 is 10.6 Å². The van der Waals surface area contributed by atoms with Crippen LogP contribution in [0.1, 0.15) is 32.3 Å². The van der Waals surface area contributed by atoms with E-state index in [4.69, 9.17) is 5.73 Å². The lowest BCUT2D eigenvalue weighted by Gasteiger charge is -2.29. The van der Waals surface area contributed by atoms with Crippen molar-refractivity contribution >= 4 is 5.69 Å². The number of nitrogens with zero attached hydrogens (tertiary/aromatic N) is 1. The molecule has 1 unspecified atom stereocenters. The quantitative estimate of drug-likeness (QED) is 0.825. The predicted molar refractivity (Wildman–Crippen MR) is 71.9 cm³/mol. The van der Waals surface area contributed by atoms with Crippen molar-refractivity contribution in [1.82, 2.24) is 0 Å². The molecule has 0 amide bonds. The molecule has 0 aliphatic heterocycles. The molecule has 2 nitrogen and oxygen atoms in total. The molecule has 1 rings (SSSR count). The van der Waals surface area contributed by atoms with Crippen molar-refractivity contribution in [3.05, 3.63) is 29.6 Å². The van der Waals surface area contributed by atoms with Crippen LogP contribution in [-0.4, -0.2) is 19.6 Å². The fourth-order valence-corrected chi connectivity index (χ4v) is 2.10. The molecule has 0 radical (unpaired) electrons. The Balaban J connectivity index is 2.94. The van der Waals surface area contributed by atoms with Gasteiger partial charge in [-0.1, -0.05) is 13.3 Å². The van der Waals surface area contributed by atoms with Gasteiger partial charge in [-0.2, -0.15) is 0 Å². The van der Waals surface area contributed by atoms with Crippen LogP contribution in [0, 0.1) is 5.82 Å². The summed E-state index contributed by atoms with van der Waals surface area (Å²) in [5.74, 6) is -0.186. The van der Waals surface area contributed by atoms with Crippen LogP contribution in [0.25, 0.3) is 0 Å². The van der Waals surface area contributed by atoms with Gasteiger partial charge in [0.25, 0.3) is 0 Å². The average molecular weight is 238 g/mol. The molecule has 0 aliphatic carbocycles. The van der Waals surface area contributed by atoms with Crippen molar-refractivity contribution in [2.24, 2.45) is 5.73 Å². The smallest absolute Gasteiger partial charge is 0.123 e. The molecule has 0 fully saturated rings. The van der Waals surface area contributed by atoms with Crippen molar-refractivity contribution in [3.8, 4) is 0 Å². The number of nitrogens with two attached hydrogens (primary N) is 1. The lowest BCUT2D eigenvalue weighted by Crippen LogP contribution is -2.29. The molecular formula is C14H23FN2. The maximum Gasteiger partial charge on any atom is 0.123 e. The Morgan fingerprint density at radius 2 is 2.12 bits per heavy atom. The minimum absolute atomic E-state index is 0.186. The molecule has 3 heteroatoms. The topological polar surface area (TPSA) is 29.3 Å². The minimum atomic E-state index is -0.186. The number of hydrogen-bond acceptors (Lipinski definition) is 2. The Hall–Kier alpha value is -1.09. The Morgan fingerprint density at radius 3 is 2.71 bits per heavy atom. The van der Waals surface area contributed by atoms with Gasteiger partial charge in [-0.25, -0.2) is 4.39 Å². The van der Waals surface area contributed by atoms with Crippen LogP contribution in [0.5, 0.6) is 0 Å². The van der Waals surface area contributed by atoms with E-state index in [0.717, 1.165) is 30.5 Å². The summed E-state index contributed by atoms with van der Waals surface area (Å²) in [5.41, 5.74) is 7.67. The Labute approximate surface area is 104 Å². The highest BCUT2D eigenvalue weighted by atomic mass is 19.1. The van der Waals surface area contributed by atoms with E-state index in [0.29, 0.717) is 12.6 Å². The molecule has 0 saturated carbocycles. The summed E-state index contributed by atoms with van der Waals surface area (Å²) in [4.78, 5) is 2.22. The van der Waals surface area contributed by atoms with Crippen molar-refractivity contribution in [1.29, 1.82) is 0 Å². The van der Waals surface area contributed by atoms with E-state index in [9.17, 15) is 4.39 Å². The molecule has 0 spiro atoms. The molecule has 1 aromatic carbocycles. The maximum absolute atomic E-state index is 13.2. The first kappa shape index (κ1) is 14.0. The van der Waals surface area contributed by atoms with Gasteiger partial charge in [-0.3, -0.25) is 0 Å². The first-order valence-corrected chi connectivity index (χ1v) is 6.31. The first-order valence-electron chi connectivity index (χ1n) is 6.31. The third kappa shape index (κ3) is 3.70. The van der Waals surface area contributed by atoms with Gasteiger partial charge in [-0.15, -0.1) is 0 Å². The molecular weight excluding hydrogens is 215 g/mol. The Kier molecular flexibility index (Phi) is 5.42. The lowest BCUT2D eigenvalue weighted by atomic mass is 10.1. The normalized spacial score (nSPS) is 12.5. The number of hydrogen-bond donors (Lipinski definition) is 1. The Bertz CT molecular complexity index is 352. The van der Waals surface area contributed by atoms with Crippen LogP contribution in [0.4, 0.5) is 10.1 Å². The third-order valence-corrected chi connectivity index (χ3v) is 3.20. The number of halogens is 1. The van der Waals surface area contributed by atoms with E-state index in [1.165, 1.54) is 6.07 Å². The van der Waals surface area contributed by atoms with E-state index in [1.54, 1.807) is 6.07 Å². The van der Waals surface area contributed by atoms with Gasteiger partial charge in [0.2, 0.25) is 0 Å². The zero-order valence-corrected chi connectivity index (χ0v) is 11.0. The fraction of sp³-hybridized carbons (Fsp3) is 0.571. The zero-order chi connectivity index (χ0) is 12.8. The van der Waals surface area contributed by atoms with E-state index in [-0.39, 0.29) is 5.82 Å². The fourth-order valence-electron chi connectivity index (χ4n) is 2.10. The lowest BCUT2D eigenvalue weighted by molar-refractivity contribution is 0.607. The largest absolute Gasteiger partial charge is 0.372 e. The second-order valence-corrected chi connectivity index (χ2v) is 4.56. The van der Waals surface area contributed by atoms with Gasteiger partial charge in [0.05, 0.1) is 0 Å². The standard InChI is InChI=1S/C14H23FN2/c1-4-5-11(2)17(3)14-7-6-13(15)10-12(14)8-9-16/h6-7,10-11H,4-5,8-9,16H2,1-3H3. The van der Waals surface area contributed by atoms with Gasteiger partial charge in [0.15, 0.2) is 0 Å². The van der Waals surface area contributed by atoms with Crippen molar-refractivity contribution in [3.63, 3.8) is 0 Å². The van der Waals surface area contributed by atoms with E-state index >= 15 is 0 Å². The van der Waals surface area contributed by atoms with E-state index in [2.05, 4.69) is 25.8 Å². The third-order valence-electron chi connectivity index (χ3n) is 3.20. The summed E-state index contributed by atoms with van der Waals surface area (Å²) in [5, 5.41) is 0. The summed E-state index contributed by atoms with van der Waals surface area (Å²) >= 11 is 0. The second-order valence-electron chi connectivity index (χ2n) is 4.56. The summed E-state index contributed by atoms with van der Waals surface area (Å²) in [6.07, 6.45) is 3.01. The van der Waals surface area contributed by atoms with Crippen LogP contribution in [0.2, 0.25) is 0 Å². The monoisotopic (exact) mass is 238 g/mol. The molecule has 0 aromatic heterocycles.